The summed E-state index contributed by atoms with van der Waals surface area (Å²) in [5.41, 5.74) is 0. The van der Waals surface area contributed by atoms with Gasteiger partial charge in [-0.15, -0.1) is 0 Å². The Morgan fingerprint density at radius 2 is 0.340 bits per heavy atom. The fraction of sp³-hybridized carbons (Fsp3) is 1.00. The maximum Gasteiger partial charge on any atom is 4.00 e. The first-order chi connectivity index (χ1) is 24.5. The molecule has 0 rings (SSSR count). The van der Waals surface area contributed by atoms with Gasteiger partial charge in [0.05, 0.1) is 0 Å². The maximum atomic E-state index is 11.4. The van der Waals surface area contributed by atoms with Crippen molar-refractivity contribution < 1.29 is 58.9 Å². The first kappa shape index (κ1) is 63.6. The zero-order chi connectivity index (χ0) is 40.6. The molecule has 0 fully saturated rings. The van der Waals surface area contributed by atoms with Crippen molar-refractivity contribution in [3.05, 3.63) is 0 Å². The average molecular weight is 917 g/mol. The molecule has 0 saturated carbocycles. The van der Waals surface area contributed by atoms with Crippen LogP contribution in [0, 0.1) is 0 Å². The molecule has 0 heterocycles. The van der Waals surface area contributed by atoms with Crippen LogP contribution in [0.2, 0.25) is 0 Å². The van der Waals surface area contributed by atoms with Crippen LogP contribution in [0.5, 0.6) is 0 Å². The van der Waals surface area contributed by atoms with Crippen molar-refractivity contribution in [1.29, 1.82) is 0 Å². The molecule has 0 aromatic rings. The predicted octanol–water partition coefficient (Wildman–Crippen LogP) is 12.0. The maximum absolute atomic E-state index is 11.4. The van der Waals surface area contributed by atoms with Gasteiger partial charge < -0.3 is 37.8 Å². The first-order valence-corrected chi connectivity index (χ1v) is 29.6. The van der Waals surface area contributed by atoms with Gasteiger partial charge in [-0.25, -0.2) is 0 Å². The molecule has 0 unspecified atom stereocenters. The number of rotatable bonds is 32. The Labute approximate surface area is 345 Å². The van der Waals surface area contributed by atoms with E-state index in [4.69, 9.17) is 0 Å². The van der Waals surface area contributed by atoms with Crippen LogP contribution in [0.15, 0.2) is 0 Å². The molecule has 0 aliphatic heterocycles. The van der Waals surface area contributed by atoms with Crippen molar-refractivity contribution in [2.24, 2.45) is 0 Å². The molecule has 0 amide bonds. The van der Waals surface area contributed by atoms with Crippen molar-refractivity contribution >= 4 is 29.5 Å². The van der Waals surface area contributed by atoms with Crippen LogP contribution in [-0.2, 0) is 39.3 Å². The van der Waals surface area contributed by atoms with Crippen molar-refractivity contribution in [1.82, 2.24) is 0 Å². The fourth-order valence-electron chi connectivity index (χ4n) is 5.27. The molecule has 8 nitrogen and oxygen atoms in total. The number of hydrogen-bond donors (Lipinski definition) is 0. The zero-order valence-electron chi connectivity index (χ0n) is 36.1. The van der Waals surface area contributed by atoms with Gasteiger partial charge in [-0.3, -0.25) is 0 Å². The second-order valence-electron chi connectivity index (χ2n) is 14.7. The van der Waals surface area contributed by atoms with Crippen LogP contribution in [0.25, 0.3) is 0 Å². The second-order valence-corrected chi connectivity index (χ2v) is 24.8. The third kappa shape index (κ3) is 57.9. The molecule has 13 heteroatoms. The number of hydrogen-bond acceptors (Lipinski definition) is 8. The Kier molecular flexibility index (Phi) is 53.5. The molecule has 0 radical (unpaired) electrons. The topological polar surface area (TPSA) is 161 Å². The summed E-state index contributed by atoms with van der Waals surface area (Å²) in [5.74, 6) is 0. The molecular weight excluding hydrogens is 828 g/mol. The van der Waals surface area contributed by atoms with Crippen molar-refractivity contribution in [3.63, 3.8) is 0 Å². The monoisotopic (exact) mass is 918 g/mol. The smallest absolute Gasteiger partial charge is 0.799 e. The molecule has 53 heavy (non-hydrogen) atoms. The van der Waals surface area contributed by atoms with E-state index >= 15 is 0 Å². The summed E-state index contributed by atoms with van der Waals surface area (Å²) in [7, 11) is -12.0. The minimum atomic E-state index is -3.00. The molecular formula is C40H88MoO8P4. The summed E-state index contributed by atoms with van der Waals surface area (Å²) < 4.78 is 45.6. The SMILES string of the molecule is CCCCCP(=O)([O-])CCCCC.CCCCCP(=O)([O-])CCCCC.CCCCCP(=O)([O-])CCCCC.CCCCCP(=O)([O-])CCCCC.[Mo+4]. The summed E-state index contributed by atoms with van der Waals surface area (Å²) in [6.45, 7) is 16.7. The third-order valence-corrected chi connectivity index (χ3v) is 16.8. The van der Waals surface area contributed by atoms with Crippen LogP contribution in [0.1, 0.15) is 209 Å². The summed E-state index contributed by atoms with van der Waals surface area (Å²) in [6, 6.07) is 0. The van der Waals surface area contributed by atoms with Crippen LogP contribution >= 0.6 is 29.5 Å². The van der Waals surface area contributed by atoms with Gasteiger partial charge in [0.1, 0.15) is 0 Å². The molecule has 322 valence electrons. The fourth-order valence-corrected chi connectivity index (χ4v) is 11.8. The van der Waals surface area contributed by atoms with Gasteiger partial charge in [0, 0.05) is 29.5 Å². The molecule has 0 aliphatic rings. The van der Waals surface area contributed by atoms with E-state index < -0.39 is 29.5 Å². The third-order valence-electron chi connectivity index (χ3n) is 8.82. The Morgan fingerprint density at radius 1 is 0.245 bits per heavy atom. The van der Waals surface area contributed by atoms with Crippen molar-refractivity contribution in [2.45, 2.75) is 209 Å². The second kappa shape index (κ2) is 44.5. The molecule has 0 bridgehead atoms. The van der Waals surface area contributed by atoms with Gasteiger partial charge in [-0.05, 0) is 101 Å². The van der Waals surface area contributed by atoms with E-state index in [0.717, 1.165) is 154 Å². The molecule has 0 aromatic carbocycles. The first-order valence-electron chi connectivity index (χ1n) is 21.6. The Morgan fingerprint density at radius 3 is 0.415 bits per heavy atom. The quantitative estimate of drug-likeness (QED) is 0.0366. The van der Waals surface area contributed by atoms with Crippen molar-refractivity contribution in [3.8, 4) is 0 Å². The Balaban J connectivity index is -0.000000192. The summed E-state index contributed by atoms with van der Waals surface area (Å²) in [6.07, 6.45) is 27.2. The van der Waals surface area contributed by atoms with Gasteiger partial charge in [-0.1, -0.05) is 158 Å². The molecule has 0 N–H and O–H groups in total. The van der Waals surface area contributed by atoms with Gasteiger partial charge in [-0.2, -0.15) is 0 Å². The van der Waals surface area contributed by atoms with Crippen LogP contribution < -0.4 is 19.6 Å². The Bertz CT molecular complexity index is 723. The number of unbranched alkanes of at least 4 members (excludes halogenated alkanes) is 16. The molecule has 0 aromatic heterocycles. The molecule has 0 saturated heterocycles. The van der Waals surface area contributed by atoms with E-state index in [2.05, 4.69) is 55.4 Å². The normalized spacial score (nSPS) is 11.7. The van der Waals surface area contributed by atoms with Crippen LogP contribution in [-0.4, -0.2) is 49.3 Å². The zero-order valence-corrected chi connectivity index (χ0v) is 41.7. The van der Waals surface area contributed by atoms with E-state index in [1.165, 1.54) is 0 Å². The van der Waals surface area contributed by atoms with E-state index in [9.17, 15) is 37.8 Å². The van der Waals surface area contributed by atoms with Gasteiger partial charge in [0.25, 0.3) is 0 Å². The minimum absolute atomic E-state index is 0. The summed E-state index contributed by atoms with van der Waals surface area (Å²) >= 11 is 0. The molecule has 0 spiro atoms. The van der Waals surface area contributed by atoms with Gasteiger partial charge in [0.2, 0.25) is 0 Å². The van der Waals surface area contributed by atoms with Gasteiger partial charge in [0.15, 0.2) is 0 Å². The van der Waals surface area contributed by atoms with Crippen LogP contribution in [0.3, 0.4) is 0 Å². The Hall–Kier alpha value is 1.45. The molecule has 0 atom stereocenters. The van der Waals surface area contributed by atoms with Crippen molar-refractivity contribution in [2.75, 3.05) is 49.3 Å². The minimum Gasteiger partial charge on any atom is -0.799 e. The standard InChI is InChI=1S/4C10H23O2P.Mo/c4*1-3-5-7-9-13(11,12)10-8-6-4-2;/h4*3-10H2,1-2H3,(H,11,12);/q;;;;+4/p-4. The average Bonchev–Trinajstić information content (AvgIpc) is 3.06. The van der Waals surface area contributed by atoms with Gasteiger partial charge >= 0.3 is 21.1 Å². The predicted molar refractivity (Wildman–Crippen MR) is 226 cm³/mol. The summed E-state index contributed by atoms with van der Waals surface area (Å²) in [4.78, 5) is 45.6. The van der Waals surface area contributed by atoms with E-state index in [0.29, 0.717) is 49.3 Å². The largest absolute Gasteiger partial charge is 4.00 e. The van der Waals surface area contributed by atoms with E-state index in [-0.39, 0.29) is 21.1 Å². The summed E-state index contributed by atoms with van der Waals surface area (Å²) in [5, 5.41) is 0. The van der Waals surface area contributed by atoms with E-state index in [1.807, 2.05) is 0 Å². The van der Waals surface area contributed by atoms with Crippen LogP contribution in [0.4, 0.5) is 0 Å². The van der Waals surface area contributed by atoms with E-state index in [1.54, 1.807) is 0 Å². The molecule has 0 aliphatic carbocycles.